The Morgan fingerprint density at radius 3 is 2.53 bits per heavy atom. The Balaban J connectivity index is 2.13. The first-order valence-electron chi connectivity index (χ1n) is 5.69. The minimum Gasteiger partial charge on any atom is -0.268 e. The van der Waals surface area contributed by atoms with Crippen LogP contribution in [0.4, 0.5) is 10.1 Å². The van der Waals surface area contributed by atoms with Gasteiger partial charge >= 0.3 is 0 Å². The van der Waals surface area contributed by atoms with E-state index < -0.39 is 17.6 Å². The Hall–Kier alpha value is -2.56. The van der Waals surface area contributed by atoms with Gasteiger partial charge in [0.2, 0.25) is 0 Å². The van der Waals surface area contributed by atoms with Crippen molar-refractivity contribution in [3.8, 4) is 0 Å². The number of anilines is 1. The summed E-state index contributed by atoms with van der Waals surface area (Å²) in [4.78, 5) is 29.3. The predicted molar refractivity (Wildman–Crippen MR) is 66.5 cm³/mol. The zero-order valence-electron chi connectivity index (χ0n) is 10.1. The molecular formula is C14H9FN2O2. The number of hydrogen-bond acceptors (Lipinski definition) is 3. The Kier molecular flexibility index (Phi) is 2.41. The molecule has 0 radical (unpaired) electrons. The largest absolute Gasteiger partial charge is 0.269 e. The number of benzene rings is 1. The molecule has 19 heavy (non-hydrogen) atoms. The highest BCUT2D eigenvalue weighted by atomic mass is 19.1. The lowest BCUT2D eigenvalue weighted by atomic mass is 10.1. The number of carbonyl (C=O) groups is 2. The fraction of sp³-hybridized carbons (Fsp3) is 0.0714. The van der Waals surface area contributed by atoms with Crippen LogP contribution in [0.3, 0.4) is 0 Å². The molecule has 2 heterocycles. The Labute approximate surface area is 108 Å². The third-order valence-corrected chi connectivity index (χ3v) is 3.02. The number of pyridine rings is 1. The van der Waals surface area contributed by atoms with Crippen LogP contribution in [0.2, 0.25) is 0 Å². The summed E-state index contributed by atoms with van der Waals surface area (Å²) in [7, 11) is 0. The summed E-state index contributed by atoms with van der Waals surface area (Å²) in [6.07, 6.45) is 1.43. The number of halogens is 1. The average Bonchev–Trinajstić information content (AvgIpc) is 2.65. The van der Waals surface area contributed by atoms with Gasteiger partial charge in [0.25, 0.3) is 11.8 Å². The van der Waals surface area contributed by atoms with Gasteiger partial charge in [0.15, 0.2) is 0 Å². The molecule has 5 heteroatoms. The molecule has 0 N–H and O–H groups in total. The molecule has 1 aliphatic rings. The molecule has 0 bridgehead atoms. The molecule has 0 atom stereocenters. The molecule has 0 spiro atoms. The van der Waals surface area contributed by atoms with Crippen LogP contribution < -0.4 is 4.90 Å². The lowest BCUT2D eigenvalue weighted by molar-refractivity contribution is 0.0925. The number of imide groups is 1. The van der Waals surface area contributed by atoms with Crippen molar-refractivity contribution in [2.45, 2.75) is 6.92 Å². The highest BCUT2D eigenvalue weighted by Gasteiger charge is 2.38. The van der Waals surface area contributed by atoms with Crippen molar-refractivity contribution in [1.29, 1.82) is 0 Å². The number of rotatable bonds is 1. The van der Waals surface area contributed by atoms with Gasteiger partial charge in [0.05, 0.1) is 23.0 Å². The maximum Gasteiger partial charge on any atom is 0.269 e. The zero-order chi connectivity index (χ0) is 13.6. The van der Waals surface area contributed by atoms with Crippen LogP contribution in [0, 0.1) is 12.7 Å². The Bertz CT molecular complexity index is 695. The van der Waals surface area contributed by atoms with E-state index in [0.29, 0.717) is 5.69 Å². The van der Waals surface area contributed by atoms with Crippen LogP contribution in [-0.2, 0) is 0 Å². The standard InChI is InChI=1S/C14H9FN2O2/c1-8-5-6-9(7-16-8)17-13(18)10-3-2-4-11(15)12(10)14(17)19/h2-7H,1H3. The number of carbonyl (C=O) groups excluding carboxylic acids is 2. The van der Waals surface area contributed by atoms with E-state index in [0.717, 1.165) is 10.6 Å². The van der Waals surface area contributed by atoms with Gasteiger partial charge in [-0.05, 0) is 31.2 Å². The summed E-state index contributed by atoms with van der Waals surface area (Å²) in [5, 5.41) is 0. The molecule has 94 valence electrons. The van der Waals surface area contributed by atoms with E-state index >= 15 is 0 Å². The second-order valence-electron chi connectivity index (χ2n) is 4.27. The SMILES string of the molecule is Cc1ccc(N2C(=O)c3cccc(F)c3C2=O)cn1. The van der Waals surface area contributed by atoms with Gasteiger partial charge in [-0.2, -0.15) is 0 Å². The van der Waals surface area contributed by atoms with Crippen molar-refractivity contribution < 1.29 is 14.0 Å². The highest BCUT2D eigenvalue weighted by Crippen LogP contribution is 2.29. The Morgan fingerprint density at radius 2 is 1.89 bits per heavy atom. The summed E-state index contributed by atoms with van der Waals surface area (Å²) in [5.41, 5.74) is 1.03. The van der Waals surface area contributed by atoms with Gasteiger partial charge in [-0.15, -0.1) is 0 Å². The second kappa shape index (κ2) is 3.98. The molecule has 0 saturated carbocycles. The molecule has 1 aromatic carbocycles. The number of fused-ring (bicyclic) bond motifs is 1. The van der Waals surface area contributed by atoms with Crippen LogP contribution in [0.5, 0.6) is 0 Å². The van der Waals surface area contributed by atoms with Gasteiger partial charge in [-0.1, -0.05) is 6.07 Å². The van der Waals surface area contributed by atoms with E-state index in [1.165, 1.54) is 24.4 Å². The van der Waals surface area contributed by atoms with Gasteiger partial charge in [-0.3, -0.25) is 14.6 Å². The molecule has 0 aliphatic carbocycles. The number of hydrogen-bond donors (Lipinski definition) is 0. The number of aryl methyl sites for hydroxylation is 1. The molecule has 4 nitrogen and oxygen atoms in total. The minimum absolute atomic E-state index is 0.0885. The van der Waals surface area contributed by atoms with Crippen molar-refractivity contribution in [3.05, 3.63) is 59.2 Å². The first kappa shape index (κ1) is 11.5. The summed E-state index contributed by atoms with van der Waals surface area (Å²) in [6, 6.07) is 7.33. The minimum atomic E-state index is -0.682. The van der Waals surface area contributed by atoms with E-state index in [9.17, 15) is 14.0 Å². The predicted octanol–water partition coefficient (Wildman–Crippen LogP) is 2.33. The lowest BCUT2D eigenvalue weighted by Gasteiger charge is -2.13. The monoisotopic (exact) mass is 256 g/mol. The van der Waals surface area contributed by atoms with Crippen molar-refractivity contribution in [1.82, 2.24) is 4.98 Å². The normalized spacial score (nSPS) is 13.9. The van der Waals surface area contributed by atoms with E-state index in [1.54, 1.807) is 19.1 Å². The molecular weight excluding hydrogens is 247 g/mol. The fourth-order valence-electron chi connectivity index (χ4n) is 2.07. The van der Waals surface area contributed by atoms with Crippen molar-refractivity contribution in [2.24, 2.45) is 0 Å². The molecule has 0 fully saturated rings. The summed E-state index contributed by atoms with van der Waals surface area (Å²) >= 11 is 0. The maximum absolute atomic E-state index is 13.7. The third-order valence-electron chi connectivity index (χ3n) is 3.02. The van der Waals surface area contributed by atoms with Crippen LogP contribution in [0.15, 0.2) is 36.5 Å². The molecule has 2 amide bonds. The van der Waals surface area contributed by atoms with Crippen molar-refractivity contribution in [3.63, 3.8) is 0 Å². The molecule has 1 aromatic heterocycles. The van der Waals surface area contributed by atoms with Gasteiger partial charge in [0.1, 0.15) is 5.82 Å². The van der Waals surface area contributed by atoms with Gasteiger partial charge < -0.3 is 0 Å². The number of nitrogens with zero attached hydrogens (tertiary/aromatic N) is 2. The van der Waals surface area contributed by atoms with Crippen LogP contribution in [-0.4, -0.2) is 16.8 Å². The first-order valence-corrected chi connectivity index (χ1v) is 5.69. The van der Waals surface area contributed by atoms with Crippen LogP contribution in [0.1, 0.15) is 26.4 Å². The Morgan fingerprint density at radius 1 is 1.11 bits per heavy atom. The third kappa shape index (κ3) is 1.62. The summed E-state index contributed by atoms with van der Waals surface area (Å²) in [6.45, 7) is 1.80. The van der Waals surface area contributed by atoms with Crippen LogP contribution >= 0.6 is 0 Å². The summed E-state index contributed by atoms with van der Waals surface area (Å²) < 4.78 is 13.7. The smallest absolute Gasteiger partial charge is 0.268 e. The van der Waals surface area contributed by atoms with Crippen molar-refractivity contribution in [2.75, 3.05) is 4.90 Å². The first-order chi connectivity index (χ1) is 9.09. The van der Waals surface area contributed by atoms with Gasteiger partial charge in [-0.25, -0.2) is 9.29 Å². The maximum atomic E-state index is 13.7. The van der Waals surface area contributed by atoms with E-state index in [1.807, 2.05) is 0 Å². The zero-order valence-corrected chi connectivity index (χ0v) is 10.1. The number of aromatic nitrogens is 1. The molecule has 0 saturated heterocycles. The van der Waals surface area contributed by atoms with E-state index in [4.69, 9.17) is 0 Å². The fourth-order valence-corrected chi connectivity index (χ4v) is 2.07. The second-order valence-corrected chi connectivity index (χ2v) is 4.27. The lowest BCUT2D eigenvalue weighted by Crippen LogP contribution is -2.29. The molecule has 2 aromatic rings. The van der Waals surface area contributed by atoms with E-state index in [-0.39, 0.29) is 11.1 Å². The molecule has 0 unspecified atom stereocenters. The van der Waals surface area contributed by atoms with E-state index in [2.05, 4.69) is 4.98 Å². The van der Waals surface area contributed by atoms with Crippen LogP contribution in [0.25, 0.3) is 0 Å². The quantitative estimate of drug-likeness (QED) is 0.736. The average molecular weight is 256 g/mol. The summed E-state index contributed by atoms with van der Waals surface area (Å²) in [5.74, 6) is -1.85. The molecule has 1 aliphatic heterocycles. The van der Waals surface area contributed by atoms with Crippen molar-refractivity contribution >= 4 is 17.5 Å². The highest BCUT2D eigenvalue weighted by molar-refractivity contribution is 6.34. The number of amides is 2. The topological polar surface area (TPSA) is 50.3 Å². The molecule has 3 rings (SSSR count). The van der Waals surface area contributed by atoms with Gasteiger partial charge in [0, 0.05) is 5.69 Å².